The highest BCUT2D eigenvalue weighted by atomic mass is 19.4. The van der Waals surface area contributed by atoms with Gasteiger partial charge in [0.2, 0.25) is 0 Å². The van der Waals surface area contributed by atoms with Gasteiger partial charge in [0.1, 0.15) is 6.54 Å². The first-order chi connectivity index (χ1) is 10.8. The molecule has 0 amide bonds. The molecule has 2 N–H and O–H groups in total. The summed E-state index contributed by atoms with van der Waals surface area (Å²) in [7, 11) is 0. The van der Waals surface area contributed by atoms with Crippen molar-refractivity contribution in [3.05, 3.63) is 17.5 Å². The minimum absolute atomic E-state index is 0.117. The van der Waals surface area contributed by atoms with E-state index in [0.717, 1.165) is 42.9 Å². The molecule has 1 saturated carbocycles. The van der Waals surface area contributed by atoms with Crippen molar-refractivity contribution in [3.8, 4) is 0 Å². The summed E-state index contributed by atoms with van der Waals surface area (Å²) in [6.45, 7) is 1.30. The van der Waals surface area contributed by atoms with E-state index >= 15 is 0 Å². The molecule has 128 valence electrons. The zero-order valence-corrected chi connectivity index (χ0v) is 12.8. The topological polar surface area (TPSA) is 82.5 Å². The van der Waals surface area contributed by atoms with Gasteiger partial charge in [-0.25, -0.2) is 4.79 Å². The fourth-order valence-corrected chi connectivity index (χ4v) is 2.51. The molecular weight excluding hydrogens is 313 g/mol. The van der Waals surface area contributed by atoms with Gasteiger partial charge in [0.15, 0.2) is 11.5 Å². The van der Waals surface area contributed by atoms with Crippen molar-refractivity contribution < 1.29 is 22.8 Å². The Balaban J connectivity index is 1.94. The van der Waals surface area contributed by atoms with Crippen LogP contribution in [0.1, 0.15) is 43.5 Å². The Morgan fingerprint density at radius 2 is 2.09 bits per heavy atom. The molecule has 0 radical (unpaired) electrons. The lowest BCUT2D eigenvalue weighted by Crippen LogP contribution is -2.24. The first-order valence-electron chi connectivity index (χ1n) is 7.42. The van der Waals surface area contributed by atoms with Crippen LogP contribution >= 0.6 is 0 Å². The number of carbonyl (C=O) groups excluding carboxylic acids is 1. The van der Waals surface area contributed by atoms with Gasteiger partial charge in [0.05, 0.1) is 5.92 Å². The number of aromatic nitrogens is 2. The van der Waals surface area contributed by atoms with Crippen LogP contribution in [-0.2, 0) is 22.4 Å². The second kappa shape index (κ2) is 7.01. The zero-order chi connectivity index (χ0) is 17.0. The van der Waals surface area contributed by atoms with Gasteiger partial charge in [0.25, 0.3) is 0 Å². The SMILES string of the molecule is Cc1cc(C(F)(F)F)nn1C/C(N)=N/OC(=O)C1CCCCC1. The number of alkyl halides is 3. The first kappa shape index (κ1) is 17.3. The standard InChI is InChI=1S/C14H19F3N4O2/c1-9-7-11(14(15,16)17)19-21(9)8-12(18)20-23-13(22)10-5-3-2-4-6-10/h7,10H,2-6,8H2,1H3,(H2,18,20). The monoisotopic (exact) mass is 332 g/mol. The highest BCUT2D eigenvalue weighted by Crippen LogP contribution is 2.28. The Kier molecular flexibility index (Phi) is 5.27. The van der Waals surface area contributed by atoms with E-state index in [1.807, 2.05) is 0 Å². The van der Waals surface area contributed by atoms with Crippen molar-refractivity contribution in [1.29, 1.82) is 0 Å². The molecule has 1 aliphatic rings. The lowest BCUT2D eigenvalue weighted by Gasteiger charge is -2.18. The maximum atomic E-state index is 12.6. The Bertz CT molecular complexity index is 589. The van der Waals surface area contributed by atoms with Crippen LogP contribution in [0.4, 0.5) is 13.2 Å². The number of hydrogen-bond acceptors (Lipinski definition) is 4. The van der Waals surface area contributed by atoms with Crippen LogP contribution < -0.4 is 5.73 Å². The van der Waals surface area contributed by atoms with Crippen LogP contribution in [0.3, 0.4) is 0 Å². The van der Waals surface area contributed by atoms with E-state index in [9.17, 15) is 18.0 Å². The molecule has 0 unspecified atom stereocenters. The molecule has 1 heterocycles. The molecular formula is C14H19F3N4O2. The molecule has 23 heavy (non-hydrogen) atoms. The van der Waals surface area contributed by atoms with Crippen LogP contribution in [0.2, 0.25) is 0 Å². The van der Waals surface area contributed by atoms with E-state index < -0.39 is 17.8 Å². The van der Waals surface area contributed by atoms with Gasteiger partial charge in [-0.1, -0.05) is 24.4 Å². The van der Waals surface area contributed by atoms with Gasteiger partial charge in [-0.3, -0.25) is 4.68 Å². The van der Waals surface area contributed by atoms with Crippen LogP contribution in [0.5, 0.6) is 0 Å². The Morgan fingerprint density at radius 3 is 2.65 bits per heavy atom. The molecule has 0 bridgehead atoms. The molecule has 9 heteroatoms. The van der Waals surface area contributed by atoms with Crippen molar-refractivity contribution in [2.24, 2.45) is 16.8 Å². The van der Waals surface area contributed by atoms with Crippen molar-refractivity contribution in [3.63, 3.8) is 0 Å². The number of halogens is 3. The normalized spacial score (nSPS) is 17.3. The number of aryl methyl sites for hydroxylation is 1. The van der Waals surface area contributed by atoms with Gasteiger partial charge in [0, 0.05) is 5.69 Å². The molecule has 1 fully saturated rings. The average Bonchev–Trinajstić information content (AvgIpc) is 2.87. The van der Waals surface area contributed by atoms with Crippen LogP contribution in [0, 0.1) is 12.8 Å². The van der Waals surface area contributed by atoms with Crippen LogP contribution in [-0.4, -0.2) is 21.6 Å². The smallest absolute Gasteiger partial charge is 0.383 e. The number of amidine groups is 1. The van der Waals surface area contributed by atoms with Crippen molar-refractivity contribution in [1.82, 2.24) is 9.78 Å². The summed E-state index contributed by atoms with van der Waals surface area (Å²) in [5, 5.41) is 6.94. The number of nitrogens with zero attached hydrogens (tertiary/aromatic N) is 3. The van der Waals surface area contributed by atoms with Gasteiger partial charge in [-0.05, 0) is 25.8 Å². The second-order valence-corrected chi connectivity index (χ2v) is 5.65. The predicted molar refractivity (Wildman–Crippen MR) is 76.3 cm³/mol. The fourth-order valence-electron chi connectivity index (χ4n) is 2.51. The van der Waals surface area contributed by atoms with E-state index in [1.54, 1.807) is 0 Å². The largest absolute Gasteiger partial charge is 0.435 e. The van der Waals surface area contributed by atoms with E-state index in [2.05, 4.69) is 10.3 Å². The molecule has 0 saturated heterocycles. The molecule has 6 nitrogen and oxygen atoms in total. The quantitative estimate of drug-likeness (QED) is 0.398. The third kappa shape index (κ3) is 4.70. The Hall–Kier alpha value is -2.06. The summed E-state index contributed by atoms with van der Waals surface area (Å²) in [4.78, 5) is 16.6. The van der Waals surface area contributed by atoms with Gasteiger partial charge in [-0.2, -0.15) is 18.3 Å². The highest BCUT2D eigenvalue weighted by Gasteiger charge is 2.34. The van der Waals surface area contributed by atoms with Gasteiger partial charge >= 0.3 is 12.1 Å². The number of oxime groups is 1. The summed E-state index contributed by atoms with van der Waals surface area (Å²) in [6, 6.07) is 0.918. The van der Waals surface area contributed by atoms with E-state index in [0.29, 0.717) is 0 Å². The first-order valence-corrected chi connectivity index (χ1v) is 7.42. The Labute approximate surface area is 131 Å². The Morgan fingerprint density at radius 1 is 1.43 bits per heavy atom. The molecule has 1 aromatic rings. The summed E-state index contributed by atoms with van der Waals surface area (Å²) < 4.78 is 38.8. The third-order valence-electron chi connectivity index (χ3n) is 3.77. The van der Waals surface area contributed by atoms with Gasteiger partial charge in [-0.15, -0.1) is 0 Å². The minimum atomic E-state index is -4.52. The fraction of sp³-hybridized carbons (Fsp3) is 0.643. The lowest BCUT2D eigenvalue weighted by atomic mass is 9.89. The van der Waals surface area contributed by atoms with E-state index in [1.165, 1.54) is 6.92 Å². The summed E-state index contributed by atoms with van der Waals surface area (Å²) >= 11 is 0. The molecule has 0 atom stereocenters. The highest BCUT2D eigenvalue weighted by molar-refractivity contribution is 5.81. The number of rotatable bonds is 4. The molecule has 1 aromatic heterocycles. The summed E-state index contributed by atoms with van der Waals surface area (Å²) in [5.74, 6) is -0.738. The number of nitrogens with two attached hydrogens (primary N) is 1. The van der Waals surface area contributed by atoms with Crippen molar-refractivity contribution in [2.45, 2.75) is 51.7 Å². The molecule has 0 aromatic carbocycles. The van der Waals surface area contributed by atoms with E-state index in [-0.39, 0.29) is 24.0 Å². The molecule has 2 rings (SSSR count). The lowest BCUT2D eigenvalue weighted by molar-refractivity contribution is -0.149. The molecule has 0 aliphatic heterocycles. The minimum Gasteiger partial charge on any atom is -0.383 e. The van der Waals surface area contributed by atoms with Crippen LogP contribution in [0.25, 0.3) is 0 Å². The zero-order valence-electron chi connectivity index (χ0n) is 12.8. The van der Waals surface area contributed by atoms with Gasteiger partial charge < -0.3 is 10.6 Å². The van der Waals surface area contributed by atoms with Crippen LogP contribution in [0.15, 0.2) is 11.2 Å². The van der Waals surface area contributed by atoms with Crippen molar-refractivity contribution in [2.75, 3.05) is 0 Å². The molecule has 0 spiro atoms. The number of carbonyl (C=O) groups is 1. The maximum absolute atomic E-state index is 12.6. The summed E-state index contributed by atoms with van der Waals surface area (Å²) in [6.07, 6.45) is 0.0743. The van der Waals surface area contributed by atoms with Crippen molar-refractivity contribution >= 4 is 11.8 Å². The third-order valence-corrected chi connectivity index (χ3v) is 3.77. The average molecular weight is 332 g/mol. The second-order valence-electron chi connectivity index (χ2n) is 5.65. The van der Waals surface area contributed by atoms with E-state index in [4.69, 9.17) is 10.6 Å². The number of hydrogen-bond donors (Lipinski definition) is 1. The predicted octanol–water partition coefficient (Wildman–Crippen LogP) is 2.61. The molecule has 1 aliphatic carbocycles. The maximum Gasteiger partial charge on any atom is 0.435 e. The summed E-state index contributed by atoms with van der Waals surface area (Å²) in [5.41, 5.74) is 4.89.